The van der Waals surface area contributed by atoms with E-state index in [9.17, 15) is 9.59 Å². The molecule has 3 heterocycles. The Morgan fingerprint density at radius 1 is 1.17 bits per heavy atom. The predicted octanol–water partition coefficient (Wildman–Crippen LogP) is 2.87. The van der Waals surface area contributed by atoms with Crippen LogP contribution in [0.3, 0.4) is 0 Å². The zero-order valence-electron chi connectivity index (χ0n) is 25.1. The summed E-state index contributed by atoms with van der Waals surface area (Å²) < 4.78 is 12.5. The van der Waals surface area contributed by atoms with Crippen LogP contribution < -0.4 is 5.32 Å². The Bertz CT molecular complexity index is 1190. The van der Waals surface area contributed by atoms with E-state index in [1.807, 2.05) is 26.6 Å². The fraction of sp³-hybridized carbons (Fsp3) is 0.677. The van der Waals surface area contributed by atoms with Gasteiger partial charge in [-0.3, -0.25) is 9.59 Å². The highest BCUT2D eigenvalue weighted by atomic mass is 16.5. The summed E-state index contributed by atoms with van der Waals surface area (Å²) in [4.78, 5) is 31.7. The number of carbonyl (C=O) groups is 2. The number of carbonyl (C=O) groups excluding carboxylic acids is 2. The molecule has 2 unspecified atom stereocenters. The lowest BCUT2D eigenvalue weighted by atomic mass is 9.86. The van der Waals surface area contributed by atoms with Crippen molar-refractivity contribution in [1.82, 2.24) is 30.1 Å². The van der Waals surface area contributed by atoms with Crippen molar-refractivity contribution >= 4 is 11.8 Å². The van der Waals surface area contributed by atoms with Crippen LogP contribution in [0.5, 0.6) is 0 Å². The molecule has 2 aliphatic heterocycles. The number of benzene rings is 1. The van der Waals surface area contributed by atoms with Crippen LogP contribution in [0, 0.1) is 24.2 Å². The molecular weight excluding hydrogens is 520 g/mol. The molecule has 1 saturated carbocycles. The minimum atomic E-state index is -0.0823. The van der Waals surface area contributed by atoms with Gasteiger partial charge in [0.05, 0.1) is 30.5 Å². The first-order valence-corrected chi connectivity index (χ1v) is 15.2. The molecule has 10 heteroatoms. The first-order valence-electron chi connectivity index (χ1n) is 15.2. The van der Waals surface area contributed by atoms with Crippen molar-refractivity contribution in [3.8, 4) is 5.69 Å². The minimum absolute atomic E-state index is 0.0534. The van der Waals surface area contributed by atoms with E-state index in [1.165, 1.54) is 5.56 Å². The molecule has 2 saturated heterocycles. The SMILES string of the molecule is COCCCCc1c(C(=O)N(CC(C)C)C2CC23CNC[C@H](C(=O)N2CCOCC2)C3)nnn1-c1ccc(C)cc1. The molecule has 3 aliphatic rings. The molecule has 0 bridgehead atoms. The number of rotatable bonds is 11. The lowest BCUT2D eigenvalue weighted by molar-refractivity contribution is -0.141. The van der Waals surface area contributed by atoms with Crippen LogP contribution in [0.1, 0.15) is 61.3 Å². The summed E-state index contributed by atoms with van der Waals surface area (Å²) in [5.74, 6) is 0.395. The summed E-state index contributed by atoms with van der Waals surface area (Å²) >= 11 is 0. The number of unbranched alkanes of at least 4 members (excludes halogenated alkanes) is 1. The Labute approximate surface area is 243 Å². The van der Waals surface area contributed by atoms with Gasteiger partial charge in [0.15, 0.2) is 5.69 Å². The van der Waals surface area contributed by atoms with Gasteiger partial charge in [0.1, 0.15) is 0 Å². The molecule has 1 aliphatic carbocycles. The number of nitrogens with one attached hydrogen (secondary N) is 1. The summed E-state index contributed by atoms with van der Waals surface area (Å²) in [5, 5.41) is 12.5. The van der Waals surface area contributed by atoms with Crippen LogP contribution in [0.15, 0.2) is 24.3 Å². The summed E-state index contributed by atoms with van der Waals surface area (Å²) in [6.07, 6.45) is 4.17. The van der Waals surface area contributed by atoms with Gasteiger partial charge in [-0.05, 0) is 57.1 Å². The lowest BCUT2D eigenvalue weighted by Gasteiger charge is -2.36. The number of amides is 2. The van der Waals surface area contributed by atoms with Crippen LogP contribution in [-0.2, 0) is 20.7 Å². The fourth-order valence-corrected chi connectivity index (χ4v) is 6.53. The smallest absolute Gasteiger partial charge is 0.276 e. The minimum Gasteiger partial charge on any atom is -0.385 e. The van der Waals surface area contributed by atoms with Gasteiger partial charge >= 0.3 is 0 Å². The molecule has 1 aromatic heterocycles. The van der Waals surface area contributed by atoms with Crippen molar-refractivity contribution in [2.75, 3.05) is 59.7 Å². The number of hydrogen-bond acceptors (Lipinski definition) is 7. The van der Waals surface area contributed by atoms with E-state index in [-0.39, 0.29) is 29.2 Å². The maximum Gasteiger partial charge on any atom is 0.276 e. The van der Waals surface area contributed by atoms with Gasteiger partial charge < -0.3 is 24.6 Å². The third kappa shape index (κ3) is 6.65. The van der Waals surface area contributed by atoms with Crippen LogP contribution >= 0.6 is 0 Å². The quantitative estimate of drug-likeness (QED) is 0.418. The number of morpholine rings is 1. The molecule has 2 aromatic rings. The van der Waals surface area contributed by atoms with Crippen molar-refractivity contribution in [3.63, 3.8) is 0 Å². The van der Waals surface area contributed by atoms with E-state index < -0.39 is 0 Å². The number of nitrogens with zero attached hydrogens (tertiary/aromatic N) is 5. The van der Waals surface area contributed by atoms with E-state index in [0.717, 1.165) is 43.6 Å². The Morgan fingerprint density at radius 2 is 1.93 bits per heavy atom. The topological polar surface area (TPSA) is 102 Å². The van der Waals surface area contributed by atoms with Crippen LogP contribution in [0.4, 0.5) is 0 Å². The third-order valence-corrected chi connectivity index (χ3v) is 8.79. The van der Waals surface area contributed by atoms with Gasteiger partial charge in [0.2, 0.25) is 5.91 Å². The Morgan fingerprint density at radius 3 is 2.63 bits per heavy atom. The van der Waals surface area contributed by atoms with Crippen molar-refractivity contribution < 1.29 is 19.1 Å². The maximum absolute atomic E-state index is 14.3. The third-order valence-electron chi connectivity index (χ3n) is 8.79. The second-order valence-corrected chi connectivity index (χ2v) is 12.5. The number of piperidine rings is 1. The first kappa shape index (κ1) is 29.7. The fourth-order valence-electron chi connectivity index (χ4n) is 6.53. The highest BCUT2D eigenvalue weighted by Gasteiger charge is 2.60. The van der Waals surface area contributed by atoms with E-state index in [1.54, 1.807) is 7.11 Å². The summed E-state index contributed by atoms with van der Waals surface area (Å²) in [5.41, 5.74) is 3.28. The van der Waals surface area contributed by atoms with Crippen LogP contribution in [-0.4, -0.2) is 102 Å². The van der Waals surface area contributed by atoms with Crippen molar-refractivity contribution in [2.24, 2.45) is 17.3 Å². The molecule has 3 fully saturated rings. The van der Waals surface area contributed by atoms with Gasteiger partial charge in [0, 0.05) is 57.9 Å². The van der Waals surface area contributed by atoms with Crippen molar-refractivity contribution in [3.05, 3.63) is 41.2 Å². The van der Waals surface area contributed by atoms with Gasteiger partial charge in [-0.25, -0.2) is 4.68 Å². The standard InChI is InChI=1S/C31H46N6O4/c1-22(2)20-36(27-18-31(27)17-24(19-32-21-31)29(38)35-12-15-41-16-13-35)30(39)28-26(7-5-6-14-40-4)37(34-33-28)25-10-8-23(3)9-11-25/h8-11,22,24,27,32H,5-7,12-21H2,1-4H3/t24-,27?,31?/m1/s1. The summed E-state index contributed by atoms with van der Waals surface area (Å²) in [7, 11) is 1.71. The largest absolute Gasteiger partial charge is 0.385 e. The van der Waals surface area contributed by atoms with Gasteiger partial charge in [-0.2, -0.15) is 0 Å². The van der Waals surface area contributed by atoms with E-state index >= 15 is 0 Å². The Hall–Kier alpha value is -2.82. The lowest BCUT2D eigenvalue weighted by Crippen LogP contribution is -2.51. The molecule has 0 radical (unpaired) electrons. The molecule has 10 nitrogen and oxygen atoms in total. The first-order chi connectivity index (χ1) is 19.8. The zero-order valence-corrected chi connectivity index (χ0v) is 25.1. The highest BCUT2D eigenvalue weighted by molar-refractivity contribution is 5.94. The zero-order chi connectivity index (χ0) is 29.0. The average Bonchev–Trinajstić information content (AvgIpc) is 3.48. The molecule has 3 atom stereocenters. The van der Waals surface area contributed by atoms with Gasteiger partial charge in [-0.15, -0.1) is 5.10 Å². The van der Waals surface area contributed by atoms with Crippen molar-refractivity contribution in [2.45, 2.75) is 58.9 Å². The molecule has 2 amide bonds. The highest BCUT2D eigenvalue weighted by Crippen LogP contribution is 2.55. The Balaban J connectivity index is 1.38. The van der Waals surface area contributed by atoms with E-state index in [4.69, 9.17) is 9.47 Å². The number of hydrogen-bond donors (Lipinski definition) is 1. The number of aryl methyl sites for hydroxylation is 1. The molecule has 1 aromatic carbocycles. The predicted molar refractivity (Wildman–Crippen MR) is 156 cm³/mol. The monoisotopic (exact) mass is 566 g/mol. The summed E-state index contributed by atoms with van der Waals surface area (Å²) in [6, 6.07) is 8.24. The van der Waals surface area contributed by atoms with Crippen LogP contribution in [0.2, 0.25) is 0 Å². The maximum atomic E-state index is 14.3. The normalized spacial score (nSPS) is 24.2. The molecule has 224 valence electrons. The van der Waals surface area contributed by atoms with Crippen molar-refractivity contribution in [1.29, 1.82) is 0 Å². The molecule has 1 spiro atoms. The van der Waals surface area contributed by atoms with Gasteiger partial charge in [0.25, 0.3) is 5.91 Å². The second-order valence-electron chi connectivity index (χ2n) is 12.5. The average molecular weight is 567 g/mol. The number of aromatic nitrogens is 3. The molecular formula is C31H46N6O4. The number of methoxy groups -OCH3 is 1. The summed E-state index contributed by atoms with van der Waals surface area (Å²) in [6.45, 7) is 11.7. The Kier molecular flexibility index (Phi) is 9.41. The molecule has 41 heavy (non-hydrogen) atoms. The number of ether oxygens (including phenoxy) is 2. The van der Waals surface area contributed by atoms with E-state index in [2.05, 4.69) is 48.5 Å². The van der Waals surface area contributed by atoms with E-state index in [0.29, 0.717) is 64.0 Å². The molecule has 1 N–H and O–H groups in total. The second kappa shape index (κ2) is 13.0. The van der Waals surface area contributed by atoms with Crippen LogP contribution in [0.25, 0.3) is 5.69 Å². The molecule has 5 rings (SSSR count). The van der Waals surface area contributed by atoms with Gasteiger partial charge in [-0.1, -0.05) is 36.8 Å².